The molecule has 15 nitrogen and oxygen atoms in total. The van der Waals surface area contributed by atoms with Gasteiger partial charge in [-0.15, -0.1) is 0 Å². The van der Waals surface area contributed by atoms with Crippen LogP contribution in [0.5, 0.6) is 5.75 Å². The maximum absolute atomic E-state index is 10.8. The molecule has 221 valence electrons. The minimum Gasteiger partial charge on any atom is -0.872 e. The largest absolute Gasteiger partial charge is 2.00 e. The van der Waals surface area contributed by atoms with Gasteiger partial charge in [0.25, 0.3) is 5.69 Å². The fraction of sp³-hybridized carbons (Fsp3) is 0. The number of aromatic nitrogens is 4. The molecule has 4 aromatic heterocycles. The zero-order chi connectivity index (χ0) is 30.6. The van der Waals surface area contributed by atoms with Crippen LogP contribution in [0.1, 0.15) is 10.4 Å². The summed E-state index contributed by atoms with van der Waals surface area (Å²) in [6, 6.07) is 25.8. The van der Waals surface area contributed by atoms with Gasteiger partial charge in [0, 0.05) is 42.5 Å². The van der Waals surface area contributed by atoms with Crippen LogP contribution >= 0.6 is 0 Å². The van der Waals surface area contributed by atoms with Gasteiger partial charge in [0.2, 0.25) is 0 Å². The number of hydrogen-bond acceptors (Lipinski definition) is 13. The van der Waals surface area contributed by atoms with Gasteiger partial charge in [0.15, 0.2) is 0 Å². The van der Waals surface area contributed by atoms with E-state index in [1.807, 2.05) is 72.8 Å². The monoisotopic (exact) mass is 629 g/mol. The summed E-state index contributed by atoms with van der Waals surface area (Å²) >= 11 is 0. The van der Waals surface area contributed by atoms with Crippen molar-refractivity contribution in [3.8, 4) is 5.75 Å². The number of aldehydes is 1. The van der Waals surface area contributed by atoms with Crippen LogP contribution in [0.25, 0.3) is 0 Å². The Morgan fingerprint density at radius 3 is 1.21 bits per heavy atom. The first-order valence-electron chi connectivity index (χ1n) is 11.7. The van der Waals surface area contributed by atoms with Crippen molar-refractivity contribution in [2.75, 3.05) is 10.6 Å². The molecule has 0 fully saturated rings. The Hall–Kier alpha value is -6.00. The van der Waals surface area contributed by atoms with E-state index in [0.29, 0.717) is 6.29 Å². The SMILES string of the molecule is O=Cc1cc([N+](=O)[O-])ccc1[O-].O=[N+]([O-])[O-].[Co+2].c1ccc(Nc2ccccn2)nc1.c1ccc(Nc2ccccn2)nc1. The molecule has 5 aromatic rings. The van der Waals surface area contributed by atoms with E-state index in [1.54, 1.807) is 24.8 Å². The Morgan fingerprint density at radius 2 is 0.953 bits per heavy atom. The number of anilines is 4. The molecule has 0 spiro atoms. The van der Waals surface area contributed by atoms with Crippen molar-refractivity contribution in [2.45, 2.75) is 0 Å². The second kappa shape index (κ2) is 20.0. The molecule has 0 saturated heterocycles. The fourth-order valence-corrected chi connectivity index (χ4v) is 2.75. The van der Waals surface area contributed by atoms with Crippen molar-refractivity contribution >= 4 is 35.2 Å². The average Bonchev–Trinajstić information content (AvgIpc) is 3.00. The first-order chi connectivity index (χ1) is 20.3. The van der Waals surface area contributed by atoms with E-state index in [0.717, 1.165) is 41.5 Å². The molecule has 1 radical (unpaired) electrons. The van der Waals surface area contributed by atoms with E-state index in [-0.39, 0.29) is 28.0 Å². The van der Waals surface area contributed by atoms with Crippen molar-refractivity contribution < 1.29 is 36.7 Å². The van der Waals surface area contributed by atoms with E-state index >= 15 is 0 Å². The zero-order valence-corrected chi connectivity index (χ0v) is 23.0. The molecule has 0 aliphatic carbocycles. The van der Waals surface area contributed by atoms with E-state index < -0.39 is 15.8 Å². The standard InChI is InChI=1S/2C10H9N3.C7H5NO4.Co.NO3/c2*1-3-7-11-9(5-1)13-10-6-2-4-8-12-10;9-4-5-3-6(8(11)12)1-2-7(5)10;;2-1(3)4/h2*1-8H,(H,11,12,13);1-4,10H;;/q;;;+2;-1/p-1. The van der Waals surface area contributed by atoms with Crippen LogP contribution in [0, 0.1) is 25.4 Å². The van der Waals surface area contributed by atoms with Crippen molar-refractivity contribution in [1.29, 1.82) is 0 Å². The van der Waals surface area contributed by atoms with E-state index in [1.165, 1.54) is 0 Å². The summed E-state index contributed by atoms with van der Waals surface area (Å²) < 4.78 is 0. The number of pyridine rings is 4. The number of nitro benzene ring substituents is 1. The van der Waals surface area contributed by atoms with Crippen LogP contribution in [0.15, 0.2) is 116 Å². The Labute approximate surface area is 254 Å². The van der Waals surface area contributed by atoms with Crippen LogP contribution in [-0.2, 0) is 16.8 Å². The molecule has 0 atom stereocenters. The average molecular weight is 629 g/mol. The summed E-state index contributed by atoms with van der Waals surface area (Å²) in [6.45, 7) is 0. The number of carbonyl (C=O) groups excluding carboxylic acids is 1. The molecule has 0 amide bonds. The number of benzene rings is 1. The smallest absolute Gasteiger partial charge is 0.872 e. The normalized spacial score (nSPS) is 8.93. The fourth-order valence-electron chi connectivity index (χ4n) is 2.75. The maximum atomic E-state index is 10.8. The summed E-state index contributed by atoms with van der Waals surface area (Å²) in [7, 11) is 0. The summed E-state index contributed by atoms with van der Waals surface area (Å²) in [5, 5.41) is 41.9. The topological polar surface area (TPSA) is 225 Å². The third-order valence-corrected chi connectivity index (χ3v) is 4.50. The molecule has 16 heteroatoms. The summed E-state index contributed by atoms with van der Waals surface area (Å²) in [4.78, 5) is 44.4. The van der Waals surface area contributed by atoms with E-state index in [4.69, 9.17) is 15.3 Å². The second-order valence-electron chi connectivity index (χ2n) is 7.43. The molecule has 0 saturated carbocycles. The van der Waals surface area contributed by atoms with Gasteiger partial charge in [0.05, 0.1) is 10.0 Å². The molecule has 0 unspecified atom stereocenters. The molecule has 2 N–H and O–H groups in total. The van der Waals surface area contributed by atoms with Gasteiger partial charge in [-0.1, -0.05) is 36.1 Å². The number of nitrogens with zero attached hydrogens (tertiary/aromatic N) is 6. The van der Waals surface area contributed by atoms with E-state index in [2.05, 4.69) is 30.6 Å². The third kappa shape index (κ3) is 14.8. The summed E-state index contributed by atoms with van der Waals surface area (Å²) in [5.74, 6) is 2.72. The Kier molecular flexibility index (Phi) is 16.3. The van der Waals surface area contributed by atoms with Crippen molar-refractivity contribution in [1.82, 2.24) is 19.9 Å². The van der Waals surface area contributed by atoms with Crippen LogP contribution in [0.3, 0.4) is 0 Å². The van der Waals surface area contributed by atoms with Crippen LogP contribution in [-0.4, -0.2) is 36.2 Å². The van der Waals surface area contributed by atoms with E-state index in [9.17, 15) is 20.0 Å². The van der Waals surface area contributed by atoms with Crippen molar-refractivity contribution in [3.05, 3.63) is 147 Å². The minimum atomic E-state index is -1.75. The molecule has 4 heterocycles. The molecule has 5 rings (SSSR count). The predicted octanol–water partition coefficient (Wildman–Crippen LogP) is 4.68. The summed E-state index contributed by atoms with van der Waals surface area (Å²) in [6.07, 6.45) is 7.27. The number of non-ortho nitro benzene ring substituents is 1. The number of rotatable bonds is 6. The second-order valence-corrected chi connectivity index (χ2v) is 7.43. The molecule has 1 aromatic carbocycles. The van der Waals surface area contributed by atoms with Crippen LogP contribution in [0.2, 0.25) is 0 Å². The molecule has 0 bridgehead atoms. The number of nitro groups is 1. The zero-order valence-electron chi connectivity index (χ0n) is 21.9. The van der Waals surface area contributed by atoms with Gasteiger partial charge in [0.1, 0.15) is 29.6 Å². The number of carbonyl (C=O) groups is 1. The predicted molar refractivity (Wildman–Crippen MR) is 152 cm³/mol. The Balaban J connectivity index is 0.000000300. The Morgan fingerprint density at radius 1 is 0.605 bits per heavy atom. The first kappa shape index (κ1) is 35.0. The van der Waals surface area contributed by atoms with Gasteiger partial charge >= 0.3 is 16.8 Å². The minimum absolute atomic E-state index is 0. The van der Waals surface area contributed by atoms with Gasteiger partial charge in [-0.05, 0) is 48.5 Å². The van der Waals surface area contributed by atoms with Gasteiger partial charge in [-0.3, -0.25) is 14.9 Å². The third-order valence-electron chi connectivity index (χ3n) is 4.50. The molecular formula is C27H22CoN8O7. The van der Waals surface area contributed by atoms with Gasteiger partial charge in [-0.2, -0.15) is 0 Å². The molecule has 0 aliphatic rings. The quantitative estimate of drug-likeness (QED) is 0.148. The van der Waals surface area contributed by atoms with Crippen molar-refractivity contribution in [3.63, 3.8) is 0 Å². The maximum Gasteiger partial charge on any atom is 2.00 e. The summed E-state index contributed by atoms with van der Waals surface area (Å²) in [5.41, 5.74) is -0.444. The van der Waals surface area contributed by atoms with Gasteiger partial charge < -0.3 is 31.1 Å². The number of nitrogens with one attached hydrogen (secondary N) is 2. The van der Waals surface area contributed by atoms with Gasteiger partial charge in [-0.25, -0.2) is 19.9 Å². The molecule has 43 heavy (non-hydrogen) atoms. The van der Waals surface area contributed by atoms with Crippen LogP contribution in [0.4, 0.5) is 29.0 Å². The molecule has 0 aliphatic heterocycles. The Bertz CT molecular complexity index is 1370. The number of hydrogen-bond donors (Lipinski definition) is 2. The first-order valence-corrected chi connectivity index (χ1v) is 11.7. The van der Waals surface area contributed by atoms with Crippen LogP contribution < -0.4 is 15.7 Å². The van der Waals surface area contributed by atoms with Crippen molar-refractivity contribution in [2.24, 2.45) is 0 Å². The molecular weight excluding hydrogens is 607 g/mol.